The van der Waals surface area contributed by atoms with Crippen LogP contribution in [-0.2, 0) is 15.1 Å². The van der Waals surface area contributed by atoms with Gasteiger partial charge in [0.1, 0.15) is 5.54 Å². The topological polar surface area (TPSA) is 127 Å². The van der Waals surface area contributed by atoms with Gasteiger partial charge in [-0.1, -0.05) is 30.3 Å². The molecule has 4 amide bonds. The Morgan fingerprint density at radius 2 is 1.76 bits per heavy atom. The Bertz CT molecular complexity index is 505. The molecular formula is C13H19ClN4O3. The number of halogens is 1. The van der Waals surface area contributed by atoms with Crippen LogP contribution in [0.5, 0.6) is 0 Å². The van der Waals surface area contributed by atoms with Gasteiger partial charge < -0.3 is 16.8 Å². The number of rotatable bonds is 5. The van der Waals surface area contributed by atoms with Crippen LogP contribution in [0.4, 0.5) is 4.79 Å². The highest BCUT2D eigenvalue weighted by molar-refractivity contribution is 5.94. The molecule has 0 saturated carbocycles. The van der Waals surface area contributed by atoms with Gasteiger partial charge in [0.05, 0.1) is 0 Å². The Morgan fingerprint density at radius 3 is 2.29 bits per heavy atom. The van der Waals surface area contributed by atoms with Crippen molar-refractivity contribution in [1.29, 1.82) is 0 Å². The number of hydrogen-bond acceptors (Lipinski definition) is 4. The van der Waals surface area contributed by atoms with E-state index in [1.54, 1.807) is 31.2 Å². The zero-order chi connectivity index (χ0) is 15.2. The van der Waals surface area contributed by atoms with Gasteiger partial charge >= 0.3 is 6.03 Å². The van der Waals surface area contributed by atoms with E-state index in [9.17, 15) is 14.4 Å². The summed E-state index contributed by atoms with van der Waals surface area (Å²) in [7, 11) is 0. The molecule has 8 heteroatoms. The third kappa shape index (κ3) is 5.80. The Kier molecular flexibility index (Phi) is 7.40. The average molecular weight is 315 g/mol. The molecule has 0 bridgehead atoms. The van der Waals surface area contributed by atoms with Crippen LogP contribution in [-0.4, -0.2) is 24.4 Å². The van der Waals surface area contributed by atoms with Crippen molar-refractivity contribution in [2.24, 2.45) is 11.5 Å². The van der Waals surface area contributed by atoms with Crippen molar-refractivity contribution in [2.45, 2.75) is 18.9 Å². The summed E-state index contributed by atoms with van der Waals surface area (Å²) in [6, 6.07) is 7.97. The fourth-order valence-corrected chi connectivity index (χ4v) is 1.59. The van der Waals surface area contributed by atoms with Crippen LogP contribution in [0.2, 0.25) is 0 Å². The van der Waals surface area contributed by atoms with E-state index in [1.165, 1.54) is 0 Å². The third-order valence-corrected chi connectivity index (χ3v) is 2.75. The molecule has 0 heterocycles. The van der Waals surface area contributed by atoms with Crippen LogP contribution in [0.1, 0.15) is 18.9 Å². The number of hydrogen-bond donors (Lipinski definition) is 4. The first kappa shape index (κ1) is 18.9. The molecule has 21 heavy (non-hydrogen) atoms. The minimum absolute atomic E-state index is 0. The Labute approximate surface area is 128 Å². The minimum atomic E-state index is -1.19. The van der Waals surface area contributed by atoms with Crippen molar-refractivity contribution in [1.82, 2.24) is 10.6 Å². The molecule has 116 valence electrons. The lowest BCUT2D eigenvalue weighted by Crippen LogP contribution is -2.49. The second kappa shape index (κ2) is 8.23. The van der Waals surface area contributed by atoms with Gasteiger partial charge in [0, 0.05) is 13.0 Å². The van der Waals surface area contributed by atoms with Crippen LogP contribution in [0.3, 0.4) is 0 Å². The van der Waals surface area contributed by atoms with Gasteiger partial charge in [-0.15, -0.1) is 12.4 Å². The number of urea groups is 1. The third-order valence-electron chi connectivity index (χ3n) is 2.75. The van der Waals surface area contributed by atoms with Crippen molar-refractivity contribution in [3.05, 3.63) is 35.9 Å². The molecule has 1 aromatic carbocycles. The van der Waals surface area contributed by atoms with Gasteiger partial charge in [-0.25, -0.2) is 4.79 Å². The van der Waals surface area contributed by atoms with Crippen LogP contribution in [0.15, 0.2) is 30.3 Å². The molecule has 1 atom stereocenters. The second-order valence-electron chi connectivity index (χ2n) is 4.49. The first-order valence-corrected chi connectivity index (χ1v) is 6.06. The van der Waals surface area contributed by atoms with Crippen LogP contribution in [0, 0.1) is 0 Å². The van der Waals surface area contributed by atoms with E-state index in [4.69, 9.17) is 11.5 Å². The predicted molar refractivity (Wildman–Crippen MR) is 80.6 cm³/mol. The number of carbonyl (C=O) groups excluding carboxylic acids is 3. The number of carbonyl (C=O) groups is 3. The second-order valence-corrected chi connectivity index (χ2v) is 4.49. The summed E-state index contributed by atoms with van der Waals surface area (Å²) in [4.78, 5) is 33.6. The lowest BCUT2D eigenvalue weighted by Gasteiger charge is -2.24. The molecule has 0 aliphatic carbocycles. The van der Waals surface area contributed by atoms with Gasteiger partial charge in [-0.3, -0.25) is 14.9 Å². The number of benzene rings is 1. The predicted octanol–water partition coefficient (Wildman–Crippen LogP) is -0.0165. The van der Waals surface area contributed by atoms with Gasteiger partial charge in [-0.05, 0) is 12.5 Å². The fourth-order valence-electron chi connectivity index (χ4n) is 1.59. The molecule has 6 N–H and O–H groups in total. The molecule has 1 unspecified atom stereocenters. The maximum Gasteiger partial charge on any atom is 0.318 e. The van der Waals surface area contributed by atoms with E-state index in [0.717, 1.165) is 0 Å². The summed E-state index contributed by atoms with van der Waals surface area (Å²) in [5.41, 5.74) is 10.3. The SMILES string of the molecule is CC(N)(C(=O)NCCC(=O)NC(N)=O)c1ccccc1.Cl. The number of imide groups is 1. The lowest BCUT2D eigenvalue weighted by molar-refractivity contribution is -0.126. The van der Waals surface area contributed by atoms with Crippen LogP contribution in [0.25, 0.3) is 0 Å². The zero-order valence-corrected chi connectivity index (χ0v) is 12.4. The van der Waals surface area contributed by atoms with E-state index in [1.807, 2.05) is 11.4 Å². The monoisotopic (exact) mass is 314 g/mol. The minimum Gasteiger partial charge on any atom is -0.354 e. The Balaban J connectivity index is 0.00000400. The van der Waals surface area contributed by atoms with E-state index in [2.05, 4.69) is 5.32 Å². The lowest BCUT2D eigenvalue weighted by atomic mass is 9.92. The van der Waals surface area contributed by atoms with Gasteiger partial charge in [0.2, 0.25) is 11.8 Å². The van der Waals surface area contributed by atoms with Crippen LogP contribution < -0.4 is 22.1 Å². The Morgan fingerprint density at radius 1 is 1.19 bits per heavy atom. The maximum atomic E-state index is 12.0. The highest BCUT2D eigenvalue weighted by Crippen LogP contribution is 2.17. The summed E-state index contributed by atoms with van der Waals surface area (Å²) in [6.07, 6.45) is -0.0560. The summed E-state index contributed by atoms with van der Waals surface area (Å²) in [5.74, 6) is -0.966. The summed E-state index contributed by atoms with van der Waals surface area (Å²) in [6.45, 7) is 1.65. The number of nitrogens with one attached hydrogen (secondary N) is 2. The smallest absolute Gasteiger partial charge is 0.318 e. The van der Waals surface area contributed by atoms with Gasteiger partial charge in [0.25, 0.3) is 0 Å². The molecule has 0 radical (unpaired) electrons. The van der Waals surface area contributed by atoms with Gasteiger partial charge in [-0.2, -0.15) is 0 Å². The van der Waals surface area contributed by atoms with Crippen molar-refractivity contribution < 1.29 is 14.4 Å². The van der Waals surface area contributed by atoms with Crippen molar-refractivity contribution in [3.63, 3.8) is 0 Å². The molecule has 0 aliphatic heterocycles. The normalized spacial score (nSPS) is 12.5. The van der Waals surface area contributed by atoms with Crippen LogP contribution >= 0.6 is 12.4 Å². The summed E-state index contributed by atoms with van der Waals surface area (Å²) in [5, 5.41) is 4.45. The molecule has 0 spiro atoms. The molecule has 7 nitrogen and oxygen atoms in total. The summed E-state index contributed by atoms with van der Waals surface area (Å²) >= 11 is 0. The quantitative estimate of drug-likeness (QED) is 0.609. The molecule has 0 saturated heterocycles. The van der Waals surface area contributed by atoms with Gasteiger partial charge in [0.15, 0.2) is 0 Å². The Hall–Kier alpha value is -2.12. The first-order valence-electron chi connectivity index (χ1n) is 6.06. The molecule has 1 aromatic rings. The average Bonchev–Trinajstić information content (AvgIpc) is 2.38. The van der Waals surface area contributed by atoms with E-state index in [-0.39, 0.29) is 25.4 Å². The molecule has 1 rings (SSSR count). The number of primary amides is 1. The summed E-state index contributed by atoms with van der Waals surface area (Å²) < 4.78 is 0. The number of nitrogens with two attached hydrogens (primary N) is 2. The van der Waals surface area contributed by atoms with Crippen molar-refractivity contribution in [3.8, 4) is 0 Å². The van der Waals surface area contributed by atoms with E-state index >= 15 is 0 Å². The van der Waals surface area contributed by atoms with E-state index < -0.39 is 23.4 Å². The maximum absolute atomic E-state index is 12.0. The standard InChI is InChI=1S/C13H18N4O3.ClH/c1-13(15,9-5-3-2-4-6-9)11(19)16-8-7-10(18)17-12(14)20;/h2-6H,7-8,15H2,1H3,(H,16,19)(H3,14,17,18,20);1H. The molecule has 0 fully saturated rings. The molecule has 0 aliphatic rings. The highest BCUT2D eigenvalue weighted by atomic mass is 35.5. The number of amides is 4. The van der Waals surface area contributed by atoms with Crippen molar-refractivity contribution in [2.75, 3.05) is 6.54 Å². The molecule has 0 aromatic heterocycles. The zero-order valence-electron chi connectivity index (χ0n) is 11.6. The fraction of sp³-hybridized carbons (Fsp3) is 0.308. The molecular weight excluding hydrogens is 296 g/mol. The van der Waals surface area contributed by atoms with E-state index in [0.29, 0.717) is 5.56 Å². The highest BCUT2D eigenvalue weighted by Gasteiger charge is 2.29. The first-order chi connectivity index (χ1) is 9.34. The van der Waals surface area contributed by atoms with Crippen molar-refractivity contribution >= 4 is 30.3 Å². The largest absolute Gasteiger partial charge is 0.354 e.